The van der Waals surface area contributed by atoms with Crippen LogP contribution >= 0.6 is 11.3 Å². The molecule has 2 aromatic heterocycles. The number of amides is 1. The lowest BCUT2D eigenvalue weighted by Gasteiger charge is -2.30. The topological polar surface area (TPSA) is 107 Å². The number of nitrogens with one attached hydrogen (secondary N) is 1. The lowest BCUT2D eigenvalue weighted by atomic mass is 9.94. The van der Waals surface area contributed by atoms with Gasteiger partial charge in [0, 0.05) is 44.2 Å². The maximum absolute atomic E-state index is 12.7. The van der Waals surface area contributed by atoms with E-state index in [1.807, 2.05) is 11.0 Å². The summed E-state index contributed by atoms with van der Waals surface area (Å²) < 4.78 is 5.37. The van der Waals surface area contributed by atoms with E-state index in [0.717, 1.165) is 44.5 Å². The average molecular weight is 442 g/mol. The van der Waals surface area contributed by atoms with Crippen LogP contribution in [0.25, 0.3) is 0 Å². The Morgan fingerprint density at radius 3 is 2.94 bits per heavy atom. The molecule has 2 aliphatic rings. The summed E-state index contributed by atoms with van der Waals surface area (Å²) in [7, 11) is 1.72. The molecule has 4 heterocycles. The number of rotatable bonds is 6. The van der Waals surface area contributed by atoms with Gasteiger partial charge in [-0.2, -0.15) is 5.26 Å². The maximum Gasteiger partial charge on any atom is 0.273 e. The molecular weight excluding hydrogens is 414 g/mol. The van der Waals surface area contributed by atoms with Gasteiger partial charge < -0.3 is 15.0 Å². The summed E-state index contributed by atoms with van der Waals surface area (Å²) in [5, 5.41) is 14.5. The fourth-order valence-electron chi connectivity index (χ4n) is 4.18. The molecule has 0 aliphatic carbocycles. The van der Waals surface area contributed by atoms with Crippen LogP contribution in [0.4, 0.5) is 11.1 Å². The van der Waals surface area contributed by atoms with Crippen molar-refractivity contribution in [2.75, 3.05) is 45.2 Å². The van der Waals surface area contributed by atoms with E-state index in [2.05, 4.69) is 31.2 Å². The highest BCUT2D eigenvalue weighted by atomic mass is 32.1. The van der Waals surface area contributed by atoms with Crippen LogP contribution in [-0.4, -0.2) is 76.6 Å². The van der Waals surface area contributed by atoms with Gasteiger partial charge in [-0.3, -0.25) is 9.69 Å². The van der Waals surface area contributed by atoms with Crippen LogP contribution in [0.1, 0.15) is 47.8 Å². The second kappa shape index (κ2) is 10.1. The first-order valence-corrected chi connectivity index (χ1v) is 11.5. The molecule has 0 saturated carbocycles. The second-order valence-electron chi connectivity index (χ2n) is 7.93. The van der Waals surface area contributed by atoms with Crippen molar-refractivity contribution in [2.45, 2.75) is 37.7 Å². The van der Waals surface area contributed by atoms with E-state index in [1.54, 1.807) is 18.7 Å². The van der Waals surface area contributed by atoms with E-state index in [1.165, 1.54) is 11.3 Å². The monoisotopic (exact) mass is 441 g/mol. The number of nitrogens with zero attached hydrogens (tertiary/aromatic N) is 6. The summed E-state index contributed by atoms with van der Waals surface area (Å²) in [6.45, 7) is 3.62. The van der Waals surface area contributed by atoms with E-state index in [9.17, 15) is 4.79 Å². The molecule has 2 aliphatic heterocycles. The third kappa shape index (κ3) is 5.36. The minimum Gasteiger partial charge on any atom is -0.381 e. The molecule has 0 spiro atoms. The normalized spacial score (nSPS) is 20.4. The van der Waals surface area contributed by atoms with Crippen molar-refractivity contribution in [3.05, 3.63) is 29.0 Å². The van der Waals surface area contributed by atoms with Crippen molar-refractivity contribution >= 4 is 28.3 Å². The Morgan fingerprint density at radius 2 is 2.16 bits per heavy atom. The van der Waals surface area contributed by atoms with Gasteiger partial charge in [0.25, 0.3) is 5.91 Å². The SMILES string of the molecule is COC1CCN(C(=O)c2csc(Nc3nccc([C@@H]4CCCN(CC#N)C4)n3)n2)CC1. The fraction of sp³-hybridized carbons (Fsp3) is 0.571. The highest BCUT2D eigenvalue weighted by Gasteiger charge is 2.25. The number of hydrogen-bond acceptors (Lipinski definition) is 9. The molecule has 0 aromatic carbocycles. The Bertz CT molecular complexity index is 936. The molecule has 4 rings (SSSR count). The van der Waals surface area contributed by atoms with Gasteiger partial charge in [-0.05, 0) is 38.3 Å². The molecule has 0 bridgehead atoms. The van der Waals surface area contributed by atoms with Crippen LogP contribution in [0.3, 0.4) is 0 Å². The molecule has 164 valence electrons. The van der Waals surface area contributed by atoms with Crippen LogP contribution in [0.2, 0.25) is 0 Å². The van der Waals surface area contributed by atoms with E-state index in [-0.39, 0.29) is 17.9 Å². The van der Waals surface area contributed by atoms with Gasteiger partial charge in [-0.25, -0.2) is 15.0 Å². The lowest BCUT2D eigenvalue weighted by molar-refractivity contribution is 0.0348. The fourth-order valence-corrected chi connectivity index (χ4v) is 4.86. The summed E-state index contributed by atoms with van der Waals surface area (Å²) in [6.07, 6.45) is 5.79. The standard InChI is InChI=1S/C21H27N7O2S/c1-30-16-5-10-28(11-6-16)19(29)18-14-31-21(25-18)26-20-23-8-4-17(24-20)15-3-2-9-27(13-15)12-7-22/h4,8,14-16H,2-3,5-6,9-13H2,1H3,(H,23,24,25,26)/t15-/m1/s1. The molecule has 1 amide bonds. The van der Waals surface area contributed by atoms with Gasteiger partial charge in [0.1, 0.15) is 5.69 Å². The molecule has 1 atom stereocenters. The first-order valence-electron chi connectivity index (χ1n) is 10.6. The number of thiazole rings is 1. The molecule has 2 fully saturated rings. The zero-order valence-electron chi connectivity index (χ0n) is 17.7. The van der Waals surface area contributed by atoms with Crippen LogP contribution in [-0.2, 0) is 4.74 Å². The number of anilines is 2. The minimum absolute atomic E-state index is 0.0479. The van der Waals surface area contributed by atoms with E-state index >= 15 is 0 Å². The first kappa shape index (κ1) is 21.6. The van der Waals surface area contributed by atoms with Crippen molar-refractivity contribution in [1.82, 2.24) is 24.8 Å². The van der Waals surface area contributed by atoms with Crippen LogP contribution < -0.4 is 5.32 Å². The Morgan fingerprint density at radius 1 is 1.32 bits per heavy atom. The molecule has 9 nitrogen and oxygen atoms in total. The lowest BCUT2D eigenvalue weighted by Crippen LogP contribution is -2.40. The Hall–Kier alpha value is -2.61. The molecule has 0 radical (unpaired) electrons. The molecule has 31 heavy (non-hydrogen) atoms. The molecule has 2 saturated heterocycles. The molecule has 2 aromatic rings. The predicted molar refractivity (Wildman–Crippen MR) is 117 cm³/mol. The van der Waals surface area contributed by atoms with Gasteiger partial charge >= 0.3 is 0 Å². The number of likely N-dealkylation sites (tertiary alicyclic amines) is 2. The van der Waals surface area contributed by atoms with Gasteiger partial charge in [-0.1, -0.05) is 0 Å². The molecular formula is C21H27N7O2S. The largest absolute Gasteiger partial charge is 0.381 e. The quantitative estimate of drug-likeness (QED) is 0.682. The summed E-state index contributed by atoms with van der Waals surface area (Å²) in [4.78, 5) is 30.2. The maximum atomic E-state index is 12.7. The van der Waals surface area contributed by atoms with Gasteiger partial charge in [-0.15, -0.1) is 11.3 Å². The Kier molecular flexibility index (Phi) is 7.06. The molecule has 1 N–H and O–H groups in total. The zero-order valence-corrected chi connectivity index (χ0v) is 18.5. The van der Waals surface area contributed by atoms with E-state index in [4.69, 9.17) is 10.00 Å². The van der Waals surface area contributed by atoms with Gasteiger partial charge in [0.05, 0.1) is 24.4 Å². The third-order valence-electron chi connectivity index (χ3n) is 5.90. The smallest absolute Gasteiger partial charge is 0.273 e. The van der Waals surface area contributed by atoms with Gasteiger partial charge in [0.15, 0.2) is 5.13 Å². The summed E-state index contributed by atoms with van der Waals surface area (Å²) in [5.74, 6) is 0.714. The second-order valence-corrected chi connectivity index (χ2v) is 8.79. The zero-order chi connectivity index (χ0) is 21.6. The van der Waals surface area contributed by atoms with Crippen molar-refractivity contribution in [1.29, 1.82) is 5.26 Å². The first-order chi connectivity index (χ1) is 15.2. The van der Waals surface area contributed by atoms with Crippen LogP contribution in [0.15, 0.2) is 17.6 Å². The predicted octanol–water partition coefficient (Wildman–Crippen LogP) is 2.63. The van der Waals surface area contributed by atoms with Gasteiger partial charge in [0.2, 0.25) is 5.95 Å². The summed E-state index contributed by atoms with van der Waals surface area (Å²) in [5.41, 5.74) is 1.41. The van der Waals surface area contributed by atoms with E-state index < -0.39 is 0 Å². The number of carbonyl (C=O) groups is 1. The third-order valence-corrected chi connectivity index (χ3v) is 6.66. The number of aromatic nitrogens is 3. The van der Waals surface area contributed by atoms with Crippen molar-refractivity contribution in [2.24, 2.45) is 0 Å². The minimum atomic E-state index is -0.0479. The highest BCUT2D eigenvalue weighted by Crippen LogP contribution is 2.27. The van der Waals surface area contributed by atoms with E-state index in [0.29, 0.717) is 36.4 Å². The summed E-state index contributed by atoms with van der Waals surface area (Å²) in [6, 6.07) is 4.17. The number of carbonyl (C=O) groups excluding carboxylic acids is 1. The number of nitriles is 1. The van der Waals surface area contributed by atoms with Crippen LogP contribution in [0, 0.1) is 11.3 Å². The van der Waals surface area contributed by atoms with Crippen LogP contribution in [0.5, 0.6) is 0 Å². The number of methoxy groups -OCH3 is 1. The average Bonchev–Trinajstić information content (AvgIpc) is 3.28. The number of piperidine rings is 2. The highest BCUT2D eigenvalue weighted by molar-refractivity contribution is 7.14. The molecule has 10 heteroatoms. The number of ether oxygens (including phenoxy) is 1. The number of hydrogen-bond donors (Lipinski definition) is 1. The molecule has 0 unspecified atom stereocenters. The Labute approximate surface area is 186 Å². The van der Waals surface area contributed by atoms with Crippen molar-refractivity contribution in [3.63, 3.8) is 0 Å². The Balaban J connectivity index is 1.38. The summed E-state index contributed by atoms with van der Waals surface area (Å²) >= 11 is 1.37. The van der Waals surface area contributed by atoms with Crippen molar-refractivity contribution < 1.29 is 9.53 Å². The van der Waals surface area contributed by atoms with Crippen molar-refractivity contribution in [3.8, 4) is 6.07 Å².